The lowest BCUT2D eigenvalue weighted by Crippen LogP contribution is -2.22. The molecular formula is C11H6BrF6N5. The van der Waals surface area contributed by atoms with Crippen LogP contribution < -0.4 is 11.2 Å². The van der Waals surface area contributed by atoms with Gasteiger partial charge < -0.3 is 5.73 Å². The van der Waals surface area contributed by atoms with Gasteiger partial charge in [-0.15, -0.1) is 0 Å². The maximum atomic E-state index is 12.8. The highest BCUT2D eigenvalue weighted by molar-refractivity contribution is 9.10. The van der Waals surface area contributed by atoms with Crippen molar-refractivity contribution in [2.75, 3.05) is 5.43 Å². The SMILES string of the molecule is N#C/C(=N\Nc1cc(C(F)(F)F)c(C(F)(F)F)cc1Br)C(=N)N. The lowest BCUT2D eigenvalue weighted by molar-refractivity contribution is -0.162. The molecule has 0 saturated heterocycles. The van der Waals surface area contributed by atoms with Gasteiger partial charge in [-0.2, -0.15) is 36.7 Å². The number of amidine groups is 1. The van der Waals surface area contributed by atoms with E-state index in [1.807, 2.05) is 5.43 Å². The van der Waals surface area contributed by atoms with Gasteiger partial charge in [0.1, 0.15) is 6.07 Å². The number of alkyl halides is 6. The maximum Gasteiger partial charge on any atom is 0.417 e. The van der Waals surface area contributed by atoms with E-state index in [0.29, 0.717) is 0 Å². The summed E-state index contributed by atoms with van der Waals surface area (Å²) in [5.41, 5.74) is 2.01. The van der Waals surface area contributed by atoms with E-state index in [1.54, 1.807) is 0 Å². The van der Waals surface area contributed by atoms with Crippen LogP contribution in [0.25, 0.3) is 0 Å². The van der Waals surface area contributed by atoms with Crippen molar-refractivity contribution in [1.29, 1.82) is 10.7 Å². The average Bonchev–Trinajstić information content (AvgIpc) is 2.37. The Morgan fingerprint density at radius 3 is 2.04 bits per heavy atom. The number of halogens is 7. The first-order valence-electron chi connectivity index (χ1n) is 5.44. The van der Waals surface area contributed by atoms with E-state index < -0.39 is 40.7 Å². The molecule has 0 unspecified atom stereocenters. The quantitative estimate of drug-likeness (QED) is 0.311. The summed E-state index contributed by atoms with van der Waals surface area (Å²) in [4.78, 5) is 0. The summed E-state index contributed by atoms with van der Waals surface area (Å²) < 4.78 is 76.1. The van der Waals surface area contributed by atoms with Gasteiger partial charge in [0.25, 0.3) is 0 Å². The first-order chi connectivity index (χ1) is 10.4. The van der Waals surface area contributed by atoms with E-state index >= 15 is 0 Å². The number of nitriles is 1. The Labute approximate surface area is 133 Å². The molecule has 0 spiro atoms. The first-order valence-corrected chi connectivity index (χ1v) is 6.23. The zero-order valence-electron chi connectivity index (χ0n) is 10.8. The second-order valence-electron chi connectivity index (χ2n) is 3.97. The maximum absolute atomic E-state index is 12.8. The van der Waals surface area contributed by atoms with Gasteiger partial charge in [0, 0.05) is 4.47 Å². The smallest absolute Gasteiger partial charge is 0.382 e. The van der Waals surface area contributed by atoms with E-state index in [9.17, 15) is 26.3 Å². The Hall–Kier alpha value is -2.29. The van der Waals surface area contributed by atoms with Crippen LogP contribution in [0.2, 0.25) is 0 Å². The van der Waals surface area contributed by atoms with Crippen molar-refractivity contribution >= 4 is 33.2 Å². The fraction of sp³-hybridized carbons (Fsp3) is 0.182. The molecule has 0 atom stereocenters. The highest BCUT2D eigenvalue weighted by atomic mass is 79.9. The van der Waals surface area contributed by atoms with Crippen molar-refractivity contribution in [1.82, 2.24) is 0 Å². The minimum Gasteiger partial charge on any atom is -0.382 e. The molecule has 0 amide bonds. The lowest BCUT2D eigenvalue weighted by atomic mass is 10.1. The molecule has 0 bridgehead atoms. The van der Waals surface area contributed by atoms with Crippen LogP contribution in [0.1, 0.15) is 11.1 Å². The topological polar surface area (TPSA) is 98.0 Å². The largest absolute Gasteiger partial charge is 0.417 e. The standard InChI is InChI=1S/C11H6BrF6N5/c12-6-1-4(10(13,14)15)5(11(16,17)18)2-7(6)22-23-8(3-19)9(20)21/h1-2,22H,(H3,20,21)/b23-8+. The van der Waals surface area contributed by atoms with Crippen LogP contribution in [0.5, 0.6) is 0 Å². The third kappa shape index (κ3) is 4.59. The van der Waals surface area contributed by atoms with Crippen LogP contribution in [-0.4, -0.2) is 11.5 Å². The molecule has 0 aliphatic rings. The van der Waals surface area contributed by atoms with Crippen molar-refractivity contribution in [3.63, 3.8) is 0 Å². The number of rotatable bonds is 3. The molecule has 0 aromatic heterocycles. The minimum absolute atomic E-state index is 0.186. The number of hydrogen-bond donors (Lipinski definition) is 3. The number of nitrogens with zero attached hydrogens (tertiary/aromatic N) is 2. The fourth-order valence-electron chi connectivity index (χ4n) is 1.39. The number of hydrogen-bond acceptors (Lipinski definition) is 4. The van der Waals surface area contributed by atoms with Gasteiger partial charge in [0.05, 0.1) is 16.8 Å². The van der Waals surface area contributed by atoms with Gasteiger partial charge in [-0.05, 0) is 28.1 Å². The summed E-state index contributed by atoms with van der Waals surface area (Å²) in [5, 5.41) is 18.8. The molecule has 0 heterocycles. The molecule has 0 aliphatic carbocycles. The Kier molecular flexibility index (Phi) is 5.26. The predicted octanol–water partition coefficient (Wildman–Crippen LogP) is 3.71. The van der Waals surface area contributed by atoms with E-state index in [-0.39, 0.29) is 16.6 Å². The van der Waals surface area contributed by atoms with Crippen molar-refractivity contribution in [3.8, 4) is 6.07 Å². The van der Waals surface area contributed by atoms with Crippen LogP contribution in [-0.2, 0) is 12.4 Å². The first kappa shape index (κ1) is 18.8. The van der Waals surface area contributed by atoms with E-state index in [1.165, 1.54) is 6.07 Å². The second-order valence-corrected chi connectivity index (χ2v) is 4.83. The van der Waals surface area contributed by atoms with Crippen LogP contribution >= 0.6 is 15.9 Å². The van der Waals surface area contributed by atoms with Crippen LogP contribution in [0.15, 0.2) is 21.7 Å². The number of benzene rings is 1. The third-order valence-electron chi connectivity index (χ3n) is 2.37. The molecular weight excluding hydrogens is 396 g/mol. The fourth-order valence-corrected chi connectivity index (χ4v) is 1.82. The molecule has 1 aromatic rings. The highest BCUT2D eigenvalue weighted by Crippen LogP contribution is 2.43. The summed E-state index contributed by atoms with van der Waals surface area (Å²) >= 11 is 2.68. The number of nitrogens with two attached hydrogens (primary N) is 1. The summed E-state index contributed by atoms with van der Waals surface area (Å²) in [7, 11) is 0. The third-order valence-corrected chi connectivity index (χ3v) is 3.02. The summed E-state index contributed by atoms with van der Waals surface area (Å²) in [6, 6.07) is 1.81. The summed E-state index contributed by atoms with van der Waals surface area (Å²) in [6.07, 6.45) is -10.5. The highest BCUT2D eigenvalue weighted by Gasteiger charge is 2.43. The molecule has 124 valence electrons. The Balaban J connectivity index is 3.44. The predicted molar refractivity (Wildman–Crippen MR) is 72.7 cm³/mol. The molecule has 1 aromatic carbocycles. The molecule has 0 fully saturated rings. The molecule has 1 rings (SSSR count). The van der Waals surface area contributed by atoms with Crippen molar-refractivity contribution < 1.29 is 26.3 Å². The Bertz CT molecular complexity index is 701. The normalized spacial score (nSPS) is 12.7. The van der Waals surface area contributed by atoms with Gasteiger partial charge in [-0.25, -0.2) is 0 Å². The molecule has 0 saturated carbocycles. The van der Waals surface area contributed by atoms with Crippen molar-refractivity contribution in [3.05, 3.63) is 27.7 Å². The molecule has 23 heavy (non-hydrogen) atoms. The average molecular weight is 402 g/mol. The molecule has 0 radical (unpaired) electrons. The number of nitrogens with one attached hydrogen (secondary N) is 2. The summed E-state index contributed by atoms with van der Waals surface area (Å²) in [6.45, 7) is 0. The molecule has 4 N–H and O–H groups in total. The number of anilines is 1. The zero-order valence-corrected chi connectivity index (χ0v) is 12.4. The zero-order chi connectivity index (χ0) is 18.0. The van der Waals surface area contributed by atoms with E-state index in [0.717, 1.165) is 0 Å². The van der Waals surface area contributed by atoms with Crippen LogP contribution in [0.4, 0.5) is 32.0 Å². The number of hydrazone groups is 1. The van der Waals surface area contributed by atoms with Crippen molar-refractivity contribution in [2.45, 2.75) is 12.4 Å². The lowest BCUT2D eigenvalue weighted by Gasteiger charge is -2.17. The van der Waals surface area contributed by atoms with Crippen LogP contribution in [0, 0.1) is 16.7 Å². The Morgan fingerprint density at radius 1 is 1.17 bits per heavy atom. The molecule has 0 aliphatic heterocycles. The van der Waals surface area contributed by atoms with Crippen molar-refractivity contribution in [2.24, 2.45) is 10.8 Å². The Morgan fingerprint density at radius 2 is 1.65 bits per heavy atom. The second kappa shape index (κ2) is 6.45. The monoisotopic (exact) mass is 401 g/mol. The van der Waals surface area contributed by atoms with Gasteiger partial charge >= 0.3 is 12.4 Å². The van der Waals surface area contributed by atoms with Gasteiger partial charge in [0.15, 0.2) is 5.84 Å². The molecule has 12 heteroatoms. The molecule has 5 nitrogen and oxygen atoms in total. The van der Waals surface area contributed by atoms with Crippen LogP contribution in [0.3, 0.4) is 0 Å². The van der Waals surface area contributed by atoms with Gasteiger partial charge in [0.2, 0.25) is 5.71 Å². The van der Waals surface area contributed by atoms with E-state index in [2.05, 4.69) is 21.0 Å². The minimum atomic E-state index is -5.26. The van der Waals surface area contributed by atoms with E-state index in [4.69, 9.17) is 16.4 Å². The summed E-state index contributed by atoms with van der Waals surface area (Å²) in [5.74, 6) is -0.765. The van der Waals surface area contributed by atoms with Gasteiger partial charge in [-0.1, -0.05) is 0 Å². The van der Waals surface area contributed by atoms with Gasteiger partial charge in [-0.3, -0.25) is 10.8 Å².